The molecule has 0 aliphatic heterocycles. The van der Waals surface area contributed by atoms with Gasteiger partial charge in [-0.2, -0.15) is 0 Å². The third kappa shape index (κ3) is 2.99. The van der Waals surface area contributed by atoms with Crippen molar-refractivity contribution in [1.82, 2.24) is 15.5 Å². The molecule has 0 fully saturated rings. The Kier molecular flexibility index (Phi) is 4.39. The average molecular weight is 198 g/mol. The van der Waals surface area contributed by atoms with Crippen molar-refractivity contribution in [2.75, 3.05) is 25.0 Å². The first kappa shape index (κ1) is 11.0. The fourth-order valence-corrected chi connectivity index (χ4v) is 1.13. The van der Waals surface area contributed by atoms with E-state index in [1.54, 1.807) is 0 Å². The molecule has 5 nitrogen and oxygen atoms in total. The van der Waals surface area contributed by atoms with Crippen LogP contribution in [0.25, 0.3) is 0 Å². The Hall–Kier alpha value is -1.10. The third-order valence-corrected chi connectivity index (χ3v) is 1.87. The van der Waals surface area contributed by atoms with Gasteiger partial charge in [0.15, 0.2) is 0 Å². The van der Waals surface area contributed by atoms with Gasteiger partial charge in [0.05, 0.1) is 6.54 Å². The number of rotatable bonds is 6. The van der Waals surface area contributed by atoms with Crippen molar-refractivity contribution in [3.05, 3.63) is 5.89 Å². The minimum absolute atomic E-state index is 0.597. The second-order valence-electron chi connectivity index (χ2n) is 3.18. The molecule has 0 aliphatic rings. The number of hydrogen-bond donors (Lipinski definition) is 1. The molecule has 1 heterocycles. The summed E-state index contributed by atoms with van der Waals surface area (Å²) < 4.78 is 5.44. The first-order valence-electron chi connectivity index (χ1n) is 5.02. The predicted molar refractivity (Wildman–Crippen MR) is 55.2 cm³/mol. The number of nitrogens with zero attached hydrogens (tertiary/aromatic N) is 3. The van der Waals surface area contributed by atoms with Crippen LogP contribution in [0, 0.1) is 0 Å². The molecular weight excluding hydrogens is 180 g/mol. The number of nitrogens with one attached hydrogen (secondary N) is 1. The van der Waals surface area contributed by atoms with E-state index in [9.17, 15) is 0 Å². The summed E-state index contributed by atoms with van der Waals surface area (Å²) in [5.74, 6) is 0.643. The van der Waals surface area contributed by atoms with Gasteiger partial charge in [0, 0.05) is 13.6 Å². The highest BCUT2D eigenvalue weighted by molar-refractivity contribution is 5.21. The predicted octanol–water partition coefficient (Wildman–Crippen LogP) is 1.03. The second kappa shape index (κ2) is 5.59. The number of aromatic nitrogens is 2. The van der Waals surface area contributed by atoms with Crippen molar-refractivity contribution in [3.63, 3.8) is 0 Å². The van der Waals surface area contributed by atoms with E-state index in [1.165, 1.54) is 0 Å². The highest BCUT2D eigenvalue weighted by Gasteiger charge is 2.08. The van der Waals surface area contributed by atoms with Crippen molar-refractivity contribution in [2.24, 2.45) is 0 Å². The van der Waals surface area contributed by atoms with E-state index in [4.69, 9.17) is 4.42 Å². The summed E-state index contributed by atoms with van der Waals surface area (Å²) in [4.78, 5) is 1.96. The van der Waals surface area contributed by atoms with Gasteiger partial charge < -0.3 is 14.6 Å². The maximum Gasteiger partial charge on any atom is 0.317 e. The zero-order valence-corrected chi connectivity index (χ0v) is 9.08. The van der Waals surface area contributed by atoms with Crippen molar-refractivity contribution in [1.29, 1.82) is 0 Å². The largest absolute Gasteiger partial charge is 0.407 e. The van der Waals surface area contributed by atoms with Gasteiger partial charge in [-0.3, -0.25) is 0 Å². The van der Waals surface area contributed by atoms with Gasteiger partial charge in [-0.25, -0.2) is 0 Å². The van der Waals surface area contributed by atoms with E-state index in [-0.39, 0.29) is 0 Å². The summed E-state index contributed by atoms with van der Waals surface area (Å²) >= 11 is 0. The number of anilines is 1. The lowest BCUT2D eigenvalue weighted by Gasteiger charge is -2.11. The Bertz CT molecular complexity index is 261. The third-order valence-electron chi connectivity index (χ3n) is 1.87. The van der Waals surface area contributed by atoms with Crippen LogP contribution in [-0.2, 0) is 6.54 Å². The number of hydrogen-bond acceptors (Lipinski definition) is 5. The van der Waals surface area contributed by atoms with Crippen LogP contribution < -0.4 is 10.2 Å². The Labute approximate surface area is 84.5 Å². The quantitative estimate of drug-likeness (QED) is 0.739. The Morgan fingerprint density at radius 3 is 2.79 bits per heavy atom. The zero-order valence-electron chi connectivity index (χ0n) is 9.08. The minimum Gasteiger partial charge on any atom is -0.407 e. The lowest BCUT2D eigenvalue weighted by molar-refractivity contribution is 0.469. The summed E-state index contributed by atoms with van der Waals surface area (Å²) in [6, 6.07) is 0.597. The lowest BCUT2D eigenvalue weighted by Crippen LogP contribution is -2.17. The molecule has 1 aromatic rings. The highest BCUT2D eigenvalue weighted by Crippen LogP contribution is 2.09. The van der Waals surface area contributed by atoms with Gasteiger partial charge in [-0.15, -0.1) is 5.10 Å². The molecule has 1 rings (SSSR count). The van der Waals surface area contributed by atoms with Crippen molar-refractivity contribution < 1.29 is 4.42 Å². The maximum atomic E-state index is 5.44. The van der Waals surface area contributed by atoms with Gasteiger partial charge in [0.2, 0.25) is 5.89 Å². The Morgan fingerprint density at radius 2 is 2.14 bits per heavy atom. The molecule has 0 saturated carbocycles. The molecule has 0 spiro atoms. The molecule has 0 radical (unpaired) electrons. The van der Waals surface area contributed by atoms with Crippen LogP contribution in [0.3, 0.4) is 0 Å². The van der Waals surface area contributed by atoms with Crippen molar-refractivity contribution in [2.45, 2.75) is 26.8 Å². The monoisotopic (exact) mass is 198 g/mol. The molecule has 1 N–H and O–H groups in total. The molecule has 14 heavy (non-hydrogen) atoms. The van der Waals surface area contributed by atoms with Crippen LogP contribution in [0.2, 0.25) is 0 Å². The fraction of sp³-hybridized carbons (Fsp3) is 0.778. The maximum absolute atomic E-state index is 5.44. The molecule has 0 aromatic carbocycles. The molecule has 0 unspecified atom stereocenters. The van der Waals surface area contributed by atoms with E-state index < -0.39 is 0 Å². The second-order valence-corrected chi connectivity index (χ2v) is 3.18. The van der Waals surface area contributed by atoms with Crippen LogP contribution in [0.5, 0.6) is 0 Å². The van der Waals surface area contributed by atoms with Gasteiger partial charge >= 0.3 is 6.01 Å². The minimum atomic E-state index is 0.597. The Balaban J connectivity index is 2.49. The fourth-order valence-electron chi connectivity index (χ4n) is 1.13. The Morgan fingerprint density at radius 1 is 1.36 bits per heavy atom. The van der Waals surface area contributed by atoms with E-state index in [2.05, 4.69) is 22.4 Å². The summed E-state index contributed by atoms with van der Waals surface area (Å²) in [5, 5.41) is 11.0. The van der Waals surface area contributed by atoms with E-state index in [1.807, 2.05) is 18.9 Å². The van der Waals surface area contributed by atoms with E-state index in [0.717, 1.165) is 19.5 Å². The summed E-state index contributed by atoms with van der Waals surface area (Å²) in [5.41, 5.74) is 0. The molecule has 0 bridgehead atoms. The molecule has 0 atom stereocenters. The van der Waals surface area contributed by atoms with Crippen LogP contribution in [0.4, 0.5) is 6.01 Å². The van der Waals surface area contributed by atoms with Crippen LogP contribution in [0.1, 0.15) is 26.2 Å². The average Bonchev–Trinajstić information content (AvgIpc) is 2.63. The summed E-state index contributed by atoms with van der Waals surface area (Å²) in [7, 11) is 1.95. The van der Waals surface area contributed by atoms with Crippen molar-refractivity contribution >= 4 is 6.01 Å². The highest BCUT2D eigenvalue weighted by atomic mass is 16.4. The van der Waals surface area contributed by atoms with Gasteiger partial charge in [-0.1, -0.05) is 18.9 Å². The summed E-state index contributed by atoms with van der Waals surface area (Å²) in [6.07, 6.45) is 1.07. The molecule has 0 amide bonds. The van der Waals surface area contributed by atoms with Crippen LogP contribution in [-0.4, -0.2) is 30.3 Å². The smallest absolute Gasteiger partial charge is 0.317 e. The van der Waals surface area contributed by atoms with E-state index in [0.29, 0.717) is 18.5 Å². The topological polar surface area (TPSA) is 54.2 Å². The molecule has 5 heteroatoms. The molecule has 1 aromatic heterocycles. The molecule has 80 valence electrons. The standard InChI is InChI=1S/C9H18N4O/c1-4-6-13(3)9-12-11-8(14-9)7-10-5-2/h10H,4-7H2,1-3H3. The van der Waals surface area contributed by atoms with Crippen LogP contribution >= 0.6 is 0 Å². The van der Waals surface area contributed by atoms with Crippen molar-refractivity contribution in [3.8, 4) is 0 Å². The first-order valence-corrected chi connectivity index (χ1v) is 5.02. The molecule has 0 saturated heterocycles. The zero-order chi connectivity index (χ0) is 10.4. The SMILES string of the molecule is CCCN(C)c1nnc(CNCC)o1. The summed E-state index contributed by atoms with van der Waals surface area (Å²) in [6.45, 7) is 6.64. The molecular formula is C9H18N4O. The lowest BCUT2D eigenvalue weighted by atomic mass is 10.5. The van der Waals surface area contributed by atoms with E-state index >= 15 is 0 Å². The first-order chi connectivity index (χ1) is 6.77. The van der Waals surface area contributed by atoms with Gasteiger partial charge in [-0.05, 0) is 13.0 Å². The van der Waals surface area contributed by atoms with Gasteiger partial charge in [0.25, 0.3) is 0 Å². The normalized spacial score (nSPS) is 10.5. The van der Waals surface area contributed by atoms with Crippen LogP contribution in [0.15, 0.2) is 4.42 Å². The van der Waals surface area contributed by atoms with Gasteiger partial charge in [0.1, 0.15) is 0 Å². The molecule has 0 aliphatic carbocycles.